The lowest BCUT2D eigenvalue weighted by Crippen LogP contribution is -2.29. The van der Waals surface area contributed by atoms with Gasteiger partial charge in [0, 0.05) is 37.3 Å². The Hall–Kier alpha value is -2.49. The molecular weight excluding hydrogens is 424 g/mol. The second-order valence-electron chi connectivity index (χ2n) is 9.50. The lowest BCUT2D eigenvalue weighted by molar-refractivity contribution is 0.174. The van der Waals surface area contributed by atoms with E-state index in [1.807, 2.05) is 6.07 Å². The number of pyridine rings is 1. The van der Waals surface area contributed by atoms with Gasteiger partial charge in [-0.05, 0) is 43.3 Å². The van der Waals surface area contributed by atoms with Gasteiger partial charge in [0.05, 0.1) is 5.52 Å². The molecule has 172 valence electrons. The normalized spacial score (nSPS) is 13.4. The minimum atomic E-state index is 0.233. The van der Waals surface area contributed by atoms with E-state index < -0.39 is 0 Å². The number of anilines is 1. The highest BCUT2D eigenvalue weighted by atomic mass is 32.2. The number of hydrogen-bond donors (Lipinski definition) is 2. The first kappa shape index (κ1) is 22.7. The first-order chi connectivity index (χ1) is 15.2. The van der Waals surface area contributed by atoms with Gasteiger partial charge >= 0.3 is 0 Å². The molecule has 4 rings (SSSR count). The first-order valence-electron chi connectivity index (χ1n) is 10.8. The predicted octanol–water partition coefficient (Wildman–Crippen LogP) is 3.59. The van der Waals surface area contributed by atoms with E-state index in [0.717, 1.165) is 58.8 Å². The van der Waals surface area contributed by atoms with Gasteiger partial charge in [0.1, 0.15) is 5.52 Å². The molecule has 3 N–H and O–H groups in total. The van der Waals surface area contributed by atoms with Crippen LogP contribution in [0.4, 0.5) is 5.82 Å². The van der Waals surface area contributed by atoms with Crippen molar-refractivity contribution in [3.8, 4) is 11.5 Å². The van der Waals surface area contributed by atoms with Crippen LogP contribution >= 0.6 is 11.8 Å². The molecular formula is C23H32N6O2S. The second kappa shape index (κ2) is 9.17. The van der Waals surface area contributed by atoms with Gasteiger partial charge in [-0.15, -0.1) is 0 Å². The number of imidazole rings is 1. The van der Waals surface area contributed by atoms with Crippen molar-refractivity contribution in [2.24, 2.45) is 5.41 Å². The molecule has 32 heavy (non-hydrogen) atoms. The van der Waals surface area contributed by atoms with Crippen LogP contribution in [0.3, 0.4) is 0 Å². The summed E-state index contributed by atoms with van der Waals surface area (Å²) >= 11 is 1.63. The van der Waals surface area contributed by atoms with Crippen LogP contribution in [0.15, 0.2) is 34.4 Å². The summed E-state index contributed by atoms with van der Waals surface area (Å²) in [6.07, 6.45) is 1.74. The van der Waals surface area contributed by atoms with Crippen LogP contribution in [0, 0.1) is 5.41 Å². The van der Waals surface area contributed by atoms with Crippen LogP contribution in [0.1, 0.15) is 26.3 Å². The van der Waals surface area contributed by atoms with Crippen molar-refractivity contribution in [1.29, 1.82) is 0 Å². The Morgan fingerprint density at radius 3 is 2.69 bits per heavy atom. The van der Waals surface area contributed by atoms with E-state index in [2.05, 4.69) is 66.8 Å². The van der Waals surface area contributed by atoms with E-state index in [9.17, 15) is 0 Å². The SMILES string of the molecule is CN(C)Cc1cc2c(cc1Sc1nc3c(N)nccc3n1CCNCC(C)(C)C)OCO2. The fourth-order valence-electron chi connectivity index (χ4n) is 3.62. The first-order valence-corrected chi connectivity index (χ1v) is 11.6. The Bertz CT molecular complexity index is 1110. The smallest absolute Gasteiger partial charge is 0.231 e. The highest BCUT2D eigenvalue weighted by molar-refractivity contribution is 7.99. The van der Waals surface area contributed by atoms with Crippen molar-refractivity contribution in [1.82, 2.24) is 24.8 Å². The van der Waals surface area contributed by atoms with Crippen LogP contribution in [0.25, 0.3) is 11.0 Å². The number of rotatable bonds is 8. The van der Waals surface area contributed by atoms with Gasteiger partial charge in [0.25, 0.3) is 0 Å². The van der Waals surface area contributed by atoms with E-state index in [0.29, 0.717) is 5.82 Å². The average molecular weight is 457 g/mol. The van der Waals surface area contributed by atoms with Gasteiger partial charge in [0.15, 0.2) is 22.5 Å². The van der Waals surface area contributed by atoms with Crippen LogP contribution in [0.5, 0.6) is 11.5 Å². The quantitative estimate of drug-likeness (QED) is 0.497. The van der Waals surface area contributed by atoms with Gasteiger partial charge < -0.3 is 30.0 Å². The lowest BCUT2D eigenvalue weighted by Gasteiger charge is -2.19. The number of fused-ring (bicyclic) bond motifs is 2. The zero-order valence-electron chi connectivity index (χ0n) is 19.4. The minimum absolute atomic E-state index is 0.233. The Balaban J connectivity index is 1.67. The molecule has 2 aromatic heterocycles. The number of nitrogen functional groups attached to an aromatic ring is 1. The summed E-state index contributed by atoms with van der Waals surface area (Å²) in [4.78, 5) is 12.3. The van der Waals surface area contributed by atoms with Crippen molar-refractivity contribution in [2.45, 2.75) is 43.9 Å². The number of nitrogens with zero attached hydrogens (tertiary/aromatic N) is 4. The van der Waals surface area contributed by atoms with Gasteiger partial charge in [0.2, 0.25) is 6.79 Å². The molecule has 0 amide bonds. The molecule has 3 heterocycles. The summed E-state index contributed by atoms with van der Waals surface area (Å²) < 4.78 is 13.5. The van der Waals surface area contributed by atoms with Gasteiger partial charge in [-0.1, -0.05) is 32.5 Å². The highest BCUT2D eigenvalue weighted by Crippen LogP contribution is 2.41. The Kier molecular flexibility index (Phi) is 6.50. The maximum atomic E-state index is 6.16. The van der Waals surface area contributed by atoms with Crippen molar-refractivity contribution in [3.05, 3.63) is 30.0 Å². The minimum Gasteiger partial charge on any atom is -0.454 e. The third-order valence-electron chi connectivity index (χ3n) is 5.07. The van der Waals surface area contributed by atoms with Crippen LogP contribution in [-0.2, 0) is 13.1 Å². The highest BCUT2D eigenvalue weighted by Gasteiger charge is 2.21. The topological polar surface area (TPSA) is 90.5 Å². The van der Waals surface area contributed by atoms with Crippen LogP contribution in [-0.4, -0.2) is 53.4 Å². The number of nitrogens with one attached hydrogen (secondary N) is 1. The number of hydrogen-bond acceptors (Lipinski definition) is 8. The molecule has 9 heteroatoms. The van der Waals surface area contributed by atoms with Crippen LogP contribution in [0.2, 0.25) is 0 Å². The molecule has 1 aliphatic rings. The molecule has 8 nitrogen and oxygen atoms in total. The summed E-state index contributed by atoms with van der Waals surface area (Å²) in [5.74, 6) is 2.01. The van der Waals surface area contributed by atoms with Crippen LogP contribution < -0.4 is 20.5 Å². The fraction of sp³-hybridized carbons (Fsp3) is 0.478. The monoisotopic (exact) mass is 456 g/mol. The molecule has 1 aromatic carbocycles. The molecule has 0 unspecified atom stereocenters. The molecule has 1 aliphatic heterocycles. The van der Waals surface area contributed by atoms with Crippen molar-refractivity contribution in [3.63, 3.8) is 0 Å². The van der Waals surface area contributed by atoms with Crippen molar-refractivity contribution >= 4 is 28.6 Å². The second-order valence-corrected chi connectivity index (χ2v) is 10.5. The Morgan fingerprint density at radius 1 is 1.22 bits per heavy atom. The van der Waals surface area contributed by atoms with Gasteiger partial charge in [-0.25, -0.2) is 9.97 Å². The predicted molar refractivity (Wildman–Crippen MR) is 128 cm³/mol. The molecule has 0 aliphatic carbocycles. The number of nitrogens with two attached hydrogens (primary N) is 1. The summed E-state index contributed by atoms with van der Waals surface area (Å²) in [6, 6.07) is 6.10. The summed E-state index contributed by atoms with van der Waals surface area (Å²) in [7, 11) is 4.11. The van der Waals surface area contributed by atoms with Crippen molar-refractivity contribution in [2.75, 3.05) is 39.7 Å². The number of benzene rings is 1. The molecule has 0 saturated carbocycles. The fourth-order valence-corrected chi connectivity index (χ4v) is 4.68. The van der Waals surface area contributed by atoms with Crippen molar-refractivity contribution < 1.29 is 9.47 Å². The standard InChI is InChI=1S/C23H32N6O2S/c1-23(2,3)13-25-8-9-29-16-6-7-26-21(24)20(16)27-22(29)32-19-11-18-17(30-14-31-18)10-15(19)12-28(4)5/h6-7,10-11,25H,8-9,12-14H2,1-5H3,(H2,24,26). The molecule has 0 radical (unpaired) electrons. The Morgan fingerprint density at radius 2 is 1.97 bits per heavy atom. The lowest BCUT2D eigenvalue weighted by atomic mass is 9.97. The van der Waals surface area contributed by atoms with E-state index in [1.165, 1.54) is 5.56 Å². The zero-order valence-corrected chi connectivity index (χ0v) is 20.3. The molecule has 0 spiro atoms. The third kappa shape index (κ3) is 5.11. The summed E-state index contributed by atoms with van der Waals surface area (Å²) in [6.45, 7) is 10.3. The molecule has 0 bridgehead atoms. The molecule has 0 atom stereocenters. The largest absolute Gasteiger partial charge is 0.454 e. The summed E-state index contributed by atoms with van der Waals surface area (Å²) in [5.41, 5.74) is 9.29. The molecule has 0 fully saturated rings. The van der Waals surface area contributed by atoms with Gasteiger partial charge in [-0.2, -0.15) is 0 Å². The third-order valence-corrected chi connectivity index (χ3v) is 6.17. The molecule has 3 aromatic rings. The average Bonchev–Trinajstić information content (AvgIpc) is 3.29. The number of ether oxygens (including phenoxy) is 2. The van der Waals surface area contributed by atoms with E-state index in [-0.39, 0.29) is 12.2 Å². The van der Waals surface area contributed by atoms with E-state index in [4.69, 9.17) is 20.2 Å². The van der Waals surface area contributed by atoms with E-state index in [1.54, 1.807) is 18.0 Å². The Labute approximate surface area is 193 Å². The van der Waals surface area contributed by atoms with E-state index >= 15 is 0 Å². The maximum Gasteiger partial charge on any atom is 0.231 e. The summed E-state index contributed by atoms with van der Waals surface area (Å²) in [5, 5.41) is 4.44. The zero-order chi connectivity index (χ0) is 22.9. The number of aromatic nitrogens is 3. The molecule has 0 saturated heterocycles. The maximum absolute atomic E-state index is 6.16. The van der Waals surface area contributed by atoms with Gasteiger partial charge in [-0.3, -0.25) is 0 Å².